The normalized spacial score (nSPS) is 13.6. The van der Waals surface area contributed by atoms with Crippen LogP contribution < -0.4 is 9.47 Å². The van der Waals surface area contributed by atoms with Crippen molar-refractivity contribution < 1.29 is 14.3 Å². The van der Waals surface area contributed by atoms with Gasteiger partial charge in [-0.1, -0.05) is 18.2 Å². The molecule has 0 aliphatic heterocycles. The Bertz CT molecular complexity index is 917. The van der Waals surface area contributed by atoms with Gasteiger partial charge in [-0.3, -0.25) is 4.79 Å². The number of carbonyl (C=O) groups excluding carboxylic acids is 1. The van der Waals surface area contributed by atoms with Gasteiger partial charge in [0.1, 0.15) is 5.65 Å². The maximum Gasteiger partial charge on any atom is 0.261 e. The van der Waals surface area contributed by atoms with Crippen molar-refractivity contribution in [3.05, 3.63) is 60.6 Å². The first kappa shape index (κ1) is 16.4. The molecule has 26 heavy (non-hydrogen) atoms. The van der Waals surface area contributed by atoms with Gasteiger partial charge in [-0.2, -0.15) is 0 Å². The van der Waals surface area contributed by atoms with Gasteiger partial charge in [0.2, 0.25) is 0 Å². The molecule has 4 rings (SSSR count). The largest absolute Gasteiger partial charge is 0.493 e. The first-order valence-electron chi connectivity index (χ1n) is 8.72. The van der Waals surface area contributed by atoms with Crippen LogP contribution in [0.4, 0.5) is 0 Å². The van der Waals surface area contributed by atoms with Gasteiger partial charge < -0.3 is 18.8 Å². The number of methoxy groups -OCH3 is 1. The van der Waals surface area contributed by atoms with Gasteiger partial charge in [-0.15, -0.1) is 0 Å². The molecule has 6 heteroatoms. The van der Waals surface area contributed by atoms with Gasteiger partial charge in [0.15, 0.2) is 18.1 Å². The van der Waals surface area contributed by atoms with Crippen LogP contribution in [0.25, 0.3) is 5.65 Å². The third kappa shape index (κ3) is 3.35. The van der Waals surface area contributed by atoms with E-state index in [4.69, 9.17) is 9.47 Å². The Hall–Kier alpha value is -3.02. The van der Waals surface area contributed by atoms with Gasteiger partial charge in [0.25, 0.3) is 5.91 Å². The molecule has 1 amide bonds. The fourth-order valence-corrected chi connectivity index (χ4v) is 3.04. The Morgan fingerprint density at radius 1 is 1.19 bits per heavy atom. The number of fused-ring (bicyclic) bond motifs is 1. The van der Waals surface area contributed by atoms with Gasteiger partial charge >= 0.3 is 0 Å². The zero-order valence-electron chi connectivity index (χ0n) is 14.7. The minimum Gasteiger partial charge on any atom is -0.493 e. The van der Waals surface area contributed by atoms with E-state index in [1.807, 2.05) is 58.1 Å². The van der Waals surface area contributed by atoms with Crippen molar-refractivity contribution in [3.63, 3.8) is 0 Å². The molecule has 0 unspecified atom stereocenters. The second-order valence-corrected chi connectivity index (χ2v) is 6.37. The van der Waals surface area contributed by atoms with Crippen LogP contribution in [0, 0.1) is 0 Å². The summed E-state index contributed by atoms with van der Waals surface area (Å²) in [5, 5.41) is 0. The third-order valence-electron chi connectivity index (χ3n) is 4.55. The van der Waals surface area contributed by atoms with E-state index in [1.54, 1.807) is 13.2 Å². The molecular formula is C20H21N3O3. The number of rotatable bonds is 7. The number of hydrogen-bond donors (Lipinski definition) is 0. The fourth-order valence-electron chi connectivity index (χ4n) is 3.04. The molecule has 3 aromatic rings. The highest BCUT2D eigenvalue weighted by atomic mass is 16.5. The van der Waals surface area contributed by atoms with Crippen molar-refractivity contribution in [1.29, 1.82) is 0 Å². The molecule has 1 aromatic carbocycles. The number of hydrogen-bond acceptors (Lipinski definition) is 4. The molecule has 1 aliphatic rings. The molecular weight excluding hydrogens is 330 g/mol. The van der Waals surface area contributed by atoms with Crippen LogP contribution >= 0.6 is 0 Å². The van der Waals surface area contributed by atoms with E-state index in [9.17, 15) is 4.79 Å². The number of carbonyl (C=O) groups is 1. The zero-order valence-corrected chi connectivity index (χ0v) is 14.7. The van der Waals surface area contributed by atoms with E-state index in [1.165, 1.54) is 0 Å². The van der Waals surface area contributed by atoms with Crippen molar-refractivity contribution in [2.24, 2.45) is 0 Å². The van der Waals surface area contributed by atoms with Crippen LogP contribution in [0.3, 0.4) is 0 Å². The van der Waals surface area contributed by atoms with Crippen LogP contribution in [0.1, 0.15) is 18.5 Å². The monoisotopic (exact) mass is 351 g/mol. The molecule has 0 radical (unpaired) electrons. The molecule has 2 aromatic heterocycles. The summed E-state index contributed by atoms with van der Waals surface area (Å²) in [7, 11) is 1.59. The quantitative estimate of drug-likeness (QED) is 0.657. The zero-order chi connectivity index (χ0) is 17.9. The Kier molecular flexibility index (Phi) is 4.48. The highest BCUT2D eigenvalue weighted by Gasteiger charge is 2.33. The average molecular weight is 351 g/mol. The summed E-state index contributed by atoms with van der Waals surface area (Å²) < 4.78 is 13.0. The summed E-state index contributed by atoms with van der Waals surface area (Å²) in [5.41, 5.74) is 1.88. The van der Waals surface area contributed by atoms with Crippen LogP contribution in [0.2, 0.25) is 0 Å². The third-order valence-corrected chi connectivity index (χ3v) is 4.55. The maximum absolute atomic E-state index is 12.8. The number of pyridine rings is 1. The van der Waals surface area contributed by atoms with Gasteiger partial charge in [-0.05, 0) is 37.1 Å². The fraction of sp³-hybridized carbons (Fsp3) is 0.300. The second kappa shape index (κ2) is 7.07. The number of imidazole rings is 1. The molecule has 1 saturated carbocycles. The molecule has 1 fully saturated rings. The predicted molar refractivity (Wildman–Crippen MR) is 97.3 cm³/mol. The second-order valence-electron chi connectivity index (χ2n) is 6.37. The van der Waals surface area contributed by atoms with E-state index in [0.29, 0.717) is 18.0 Å². The van der Waals surface area contributed by atoms with E-state index >= 15 is 0 Å². The number of ether oxygens (including phenoxy) is 2. The lowest BCUT2D eigenvalue weighted by atomic mass is 10.3. The van der Waals surface area contributed by atoms with Crippen LogP contribution in [0.5, 0.6) is 11.5 Å². The summed E-state index contributed by atoms with van der Waals surface area (Å²) in [4.78, 5) is 19.1. The minimum atomic E-state index is -0.0238. The highest BCUT2D eigenvalue weighted by Crippen LogP contribution is 2.30. The van der Waals surface area contributed by atoms with Crippen molar-refractivity contribution in [2.75, 3.05) is 13.7 Å². The van der Waals surface area contributed by atoms with Crippen molar-refractivity contribution in [1.82, 2.24) is 14.3 Å². The number of amides is 1. The number of aromatic nitrogens is 2. The lowest BCUT2D eigenvalue weighted by Gasteiger charge is -2.22. The Labute approximate surface area is 152 Å². The van der Waals surface area contributed by atoms with Gasteiger partial charge in [0.05, 0.1) is 25.5 Å². The number of para-hydroxylation sites is 2. The Morgan fingerprint density at radius 3 is 2.73 bits per heavy atom. The molecule has 0 spiro atoms. The predicted octanol–water partition coefficient (Wildman–Crippen LogP) is 2.91. The van der Waals surface area contributed by atoms with Crippen molar-refractivity contribution in [2.45, 2.75) is 25.4 Å². The van der Waals surface area contributed by atoms with E-state index in [0.717, 1.165) is 24.2 Å². The molecule has 1 aliphatic carbocycles. The smallest absolute Gasteiger partial charge is 0.261 e. The summed E-state index contributed by atoms with van der Waals surface area (Å²) in [6, 6.07) is 13.5. The first-order chi connectivity index (χ1) is 12.8. The molecule has 0 saturated heterocycles. The Morgan fingerprint density at radius 2 is 1.96 bits per heavy atom. The maximum atomic E-state index is 12.8. The standard InChI is InChI=1S/C20H21N3O3/c1-25-17-6-2-3-7-18(17)26-14-20(24)23(15-9-10-15)13-16-12-21-19-8-4-5-11-22(16)19/h2-8,11-12,15H,9-10,13-14H2,1H3. The molecule has 134 valence electrons. The molecule has 2 heterocycles. The number of benzene rings is 1. The lowest BCUT2D eigenvalue weighted by molar-refractivity contribution is -0.134. The first-order valence-corrected chi connectivity index (χ1v) is 8.72. The summed E-state index contributed by atoms with van der Waals surface area (Å²) in [5.74, 6) is 1.18. The lowest BCUT2D eigenvalue weighted by Crippen LogP contribution is -2.36. The summed E-state index contributed by atoms with van der Waals surface area (Å²) >= 11 is 0. The average Bonchev–Trinajstić information content (AvgIpc) is 3.45. The highest BCUT2D eigenvalue weighted by molar-refractivity contribution is 5.78. The SMILES string of the molecule is COc1ccccc1OCC(=O)N(Cc1cnc2ccccn12)C1CC1. The van der Waals surface area contributed by atoms with E-state index in [-0.39, 0.29) is 18.6 Å². The van der Waals surface area contributed by atoms with Crippen LogP contribution in [-0.4, -0.2) is 40.0 Å². The van der Waals surface area contributed by atoms with Crippen LogP contribution in [-0.2, 0) is 11.3 Å². The minimum absolute atomic E-state index is 0.00634. The molecule has 6 nitrogen and oxygen atoms in total. The van der Waals surface area contributed by atoms with E-state index in [2.05, 4.69) is 4.98 Å². The molecule has 0 bridgehead atoms. The topological polar surface area (TPSA) is 56.1 Å². The van der Waals surface area contributed by atoms with Crippen LogP contribution in [0.15, 0.2) is 54.9 Å². The van der Waals surface area contributed by atoms with Crippen molar-refractivity contribution in [3.8, 4) is 11.5 Å². The van der Waals surface area contributed by atoms with Gasteiger partial charge in [0, 0.05) is 12.2 Å². The van der Waals surface area contributed by atoms with E-state index < -0.39 is 0 Å². The summed E-state index contributed by atoms with van der Waals surface area (Å²) in [6.07, 6.45) is 5.88. The number of nitrogens with zero attached hydrogens (tertiary/aromatic N) is 3. The molecule has 0 atom stereocenters. The summed E-state index contributed by atoms with van der Waals surface area (Å²) in [6.45, 7) is 0.525. The Balaban J connectivity index is 1.47. The van der Waals surface area contributed by atoms with Gasteiger partial charge in [-0.25, -0.2) is 4.98 Å². The van der Waals surface area contributed by atoms with Crippen molar-refractivity contribution >= 4 is 11.6 Å². The molecule has 0 N–H and O–H groups in total.